The van der Waals surface area contributed by atoms with Gasteiger partial charge in [-0.05, 0) is 74.4 Å². The van der Waals surface area contributed by atoms with Gasteiger partial charge in [0.05, 0.1) is 24.9 Å². The first-order valence-electron chi connectivity index (χ1n) is 12.3. The van der Waals surface area contributed by atoms with Gasteiger partial charge in [0, 0.05) is 24.1 Å². The van der Waals surface area contributed by atoms with Gasteiger partial charge in [-0.15, -0.1) is 0 Å². The maximum Gasteiger partial charge on any atom is 0.230 e. The van der Waals surface area contributed by atoms with Crippen molar-refractivity contribution in [3.8, 4) is 0 Å². The lowest BCUT2D eigenvalue weighted by Crippen LogP contribution is -2.16. The molecule has 8 heteroatoms. The first-order chi connectivity index (χ1) is 17.0. The van der Waals surface area contributed by atoms with Crippen LogP contribution < -0.4 is 10.6 Å². The highest BCUT2D eigenvalue weighted by Gasteiger charge is 2.19. The van der Waals surface area contributed by atoms with Crippen LogP contribution in [0.15, 0.2) is 48.9 Å². The van der Waals surface area contributed by atoms with Crippen LogP contribution in [0.5, 0.6) is 0 Å². The molecule has 1 aromatic carbocycles. The van der Waals surface area contributed by atoms with Crippen molar-refractivity contribution in [2.45, 2.75) is 65.0 Å². The second-order valence-electron chi connectivity index (χ2n) is 9.32. The summed E-state index contributed by atoms with van der Waals surface area (Å²) in [5.41, 5.74) is 6.43. The largest absolute Gasteiger partial charge is 0.362 e. The molecule has 1 fully saturated rings. The Hall–Kier alpha value is -3.81. The van der Waals surface area contributed by atoms with E-state index in [1.165, 1.54) is 24.8 Å². The summed E-state index contributed by atoms with van der Waals surface area (Å²) in [4.78, 5) is 26.3. The molecular weight excluding hydrogens is 438 g/mol. The van der Waals surface area contributed by atoms with Gasteiger partial charge in [0.2, 0.25) is 11.6 Å². The fourth-order valence-electron chi connectivity index (χ4n) is 4.45. The van der Waals surface area contributed by atoms with Crippen molar-refractivity contribution in [3.63, 3.8) is 0 Å². The monoisotopic (exact) mass is 469 g/mol. The van der Waals surface area contributed by atoms with E-state index < -0.39 is 0 Å². The molecule has 0 unspecified atom stereocenters. The standard InChI is InChI=1S/C27H31N7O/c1-4-34-16-24-27(33-34)32-25(15-29-24)30-18(3)23-12-22(10-8-17(23)2)31-26(35)13-21-11-9-20(14-28-21)19-6-5-7-19/h8-12,14-16,18-19H,4-7,13H2,1-3H3,(H,31,35)(H,30,32,33)/t18-/m0/s1. The lowest BCUT2D eigenvalue weighted by molar-refractivity contribution is -0.115. The van der Waals surface area contributed by atoms with E-state index in [2.05, 4.69) is 50.6 Å². The lowest BCUT2D eigenvalue weighted by Gasteiger charge is -2.25. The van der Waals surface area contributed by atoms with Gasteiger partial charge >= 0.3 is 0 Å². The summed E-state index contributed by atoms with van der Waals surface area (Å²) in [6.07, 6.45) is 9.59. The normalized spacial score (nSPS) is 14.5. The second kappa shape index (κ2) is 9.82. The Bertz CT molecular complexity index is 1340. The third-order valence-electron chi connectivity index (χ3n) is 6.76. The number of aryl methyl sites for hydroxylation is 2. The Morgan fingerprint density at radius 1 is 1.17 bits per heavy atom. The van der Waals surface area contributed by atoms with E-state index in [1.807, 2.05) is 48.3 Å². The summed E-state index contributed by atoms with van der Waals surface area (Å²) in [6.45, 7) is 6.93. The molecule has 35 heavy (non-hydrogen) atoms. The number of nitrogens with one attached hydrogen (secondary N) is 2. The van der Waals surface area contributed by atoms with Crippen LogP contribution in [0.2, 0.25) is 0 Å². The fourth-order valence-corrected chi connectivity index (χ4v) is 4.45. The zero-order chi connectivity index (χ0) is 24.4. The summed E-state index contributed by atoms with van der Waals surface area (Å²) in [5.74, 6) is 1.23. The van der Waals surface area contributed by atoms with E-state index in [0.29, 0.717) is 17.4 Å². The van der Waals surface area contributed by atoms with Crippen LogP contribution in [-0.4, -0.2) is 30.6 Å². The number of anilines is 2. The van der Waals surface area contributed by atoms with E-state index >= 15 is 0 Å². The number of hydrogen-bond donors (Lipinski definition) is 2. The van der Waals surface area contributed by atoms with Crippen LogP contribution in [-0.2, 0) is 17.8 Å². The molecule has 1 amide bonds. The number of fused-ring (bicyclic) bond motifs is 1. The number of hydrogen-bond acceptors (Lipinski definition) is 6. The topological polar surface area (TPSA) is 97.6 Å². The predicted octanol–water partition coefficient (Wildman–Crippen LogP) is 5.17. The molecule has 1 atom stereocenters. The molecule has 1 saturated carbocycles. The van der Waals surface area contributed by atoms with E-state index in [-0.39, 0.29) is 18.4 Å². The molecule has 180 valence electrons. The minimum absolute atomic E-state index is 0.0346. The molecule has 5 rings (SSSR count). The van der Waals surface area contributed by atoms with Crippen molar-refractivity contribution < 1.29 is 4.79 Å². The molecule has 4 aromatic rings. The number of carbonyl (C=O) groups excluding carboxylic acids is 1. The van der Waals surface area contributed by atoms with Gasteiger partial charge < -0.3 is 10.6 Å². The average molecular weight is 470 g/mol. The summed E-state index contributed by atoms with van der Waals surface area (Å²) >= 11 is 0. The predicted molar refractivity (Wildman–Crippen MR) is 137 cm³/mol. The Kier molecular flexibility index (Phi) is 6.44. The van der Waals surface area contributed by atoms with Crippen LogP contribution in [0.1, 0.15) is 67.5 Å². The highest BCUT2D eigenvalue weighted by molar-refractivity contribution is 5.92. The molecule has 1 aliphatic carbocycles. The molecule has 0 spiro atoms. The summed E-state index contributed by atoms with van der Waals surface area (Å²) in [5, 5.41) is 10.9. The summed E-state index contributed by atoms with van der Waals surface area (Å²) in [7, 11) is 0. The van der Waals surface area contributed by atoms with Gasteiger partial charge in [-0.25, -0.2) is 9.97 Å². The SMILES string of the molecule is CCn1cc2ncc(N[C@@H](C)c3cc(NC(=O)Cc4ccc(C5CCC5)cn4)ccc3C)nc2n1. The van der Waals surface area contributed by atoms with Crippen molar-refractivity contribution in [1.82, 2.24) is 24.7 Å². The minimum atomic E-state index is -0.0767. The third-order valence-corrected chi connectivity index (χ3v) is 6.76. The number of aromatic nitrogens is 5. The zero-order valence-corrected chi connectivity index (χ0v) is 20.5. The Morgan fingerprint density at radius 2 is 2.03 bits per heavy atom. The highest BCUT2D eigenvalue weighted by Crippen LogP contribution is 2.35. The van der Waals surface area contributed by atoms with Gasteiger partial charge in [0.1, 0.15) is 11.3 Å². The smallest absolute Gasteiger partial charge is 0.230 e. The van der Waals surface area contributed by atoms with Gasteiger partial charge in [-0.1, -0.05) is 18.6 Å². The number of benzene rings is 1. The molecule has 3 aromatic heterocycles. The lowest BCUT2D eigenvalue weighted by atomic mass is 9.81. The number of nitrogens with zero attached hydrogens (tertiary/aromatic N) is 5. The number of carbonyl (C=O) groups is 1. The molecule has 0 aliphatic heterocycles. The van der Waals surface area contributed by atoms with Crippen molar-refractivity contribution in [2.24, 2.45) is 0 Å². The molecular formula is C27H31N7O. The van der Waals surface area contributed by atoms with E-state index in [9.17, 15) is 4.79 Å². The summed E-state index contributed by atoms with van der Waals surface area (Å²) < 4.78 is 1.83. The van der Waals surface area contributed by atoms with Gasteiger partial charge in [-0.2, -0.15) is 5.10 Å². The Balaban J connectivity index is 1.24. The molecule has 1 aliphatic rings. The zero-order valence-electron chi connectivity index (χ0n) is 20.5. The van der Waals surface area contributed by atoms with E-state index in [0.717, 1.165) is 34.6 Å². The van der Waals surface area contributed by atoms with Gasteiger partial charge in [0.15, 0.2) is 0 Å². The first-order valence-corrected chi connectivity index (χ1v) is 12.3. The fraction of sp³-hybridized carbons (Fsp3) is 0.370. The quantitative estimate of drug-likeness (QED) is 0.369. The van der Waals surface area contributed by atoms with Crippen molar-refractivity contribution in [2.75, 3.05) is 10.6 Å². The number of pyridine rings is 1. The van der Waals surface area contributed by atoms with Crippen LogP contribution in [0.25, 0.3) is 11.2 Å². The van der Waals surface area contributed by atoms with Crippen LogP contribution in [0.3, 0.4) is 0 Å². The Labute approximate surface area is 205 Å². The molecule has 0 radical (unpaired) electrons. The van der Waals surface area contributed by atoms with Gasteiger partial charge in [0.25, 0.3) is 0 Å². The molecule has 0 saturated heterocycles. The number of rotatable bonds is 8. The molecule has 2 N–H and O–H groups in total. The first kappa shape index (κ1) is 23.0. The van der Waals surface area contributed by atoms with Crippen molar-refractivity contribution in [3.05, 3.63) is 71.3 Å². The molecule has 3 heterocycles. The van der Waals surface area contributed by atoms with Crippen molar-refractivity contribution >= 4 is 28.6 Å². The van der Waals surface area contributed by atoms with Crippen molar-refractivity contribution in [1.29, 1.82) is 0 Å². The van der Waals surface area contributed by atoms with Gasteiger partial charge in [-0.3, -0.25) is 14.5 Å². The molecule has 0 bridgehead atoms. The maximum absolute atomic E-state index is 12.7. The average Bonchev–Trinajstić information content (AvgIpc) is 3.23. The van der Waals surface area contributed by atoms with Crippen LogP contribution in [0.4, 0.5) is 11.5 Å². The third kappa shape index (κ3) is 5.16. The minimum Gasteiger partial charge on any atom is -0.362 e. The van der Waals surface area contributed by atoms with Crippen LogP contribution >= 0.6 is 0 Å². The maximum atomic E-state index is 12.7. The Morgan fingerprint density at radius 3 is 2.74 bits per heavy atom. The van der Waals surface area contributed by atoms with Crippen LogP contribution in [0, 0.1) is 6.92 Å². The molecule has 8 nitrogen and oxygen atoms in total. The van der Waals surface area contributed by atoms with E-state index in [4.69, 9.17) is 0 Å². The highest BCUT2D eigenvalue weighted by atomic mass is 16.1. The van der Waals surface area contributed by atoms with E-state index in [1.54, 1.807) is 6.20 Å². The second-order valence-corrected chi connectivity index (χ2v) is 9.32. The summed E-state index contributed by atoms with van der Waals surface area (Å²) in [6, 6.07) is 10.0. The number of amides is 1.